The second kappa shape index (κ2) is 10.0. The van der Waals surface area contributed by atoms with E-state index in [1.54, 1.807) is 18.2 Å². The maximum Gasteiger partial charge on any atom is 0.251 e. The van der Waals surface area contributed by atoms with Gasteiger partial charge in [-0.15, -0.1) is 12.4 Å². The lowest BCUT2D eigenvalue weighted by molar-refractivity contribution is 0.0939. The Morgan fingerprint density at radius 2 is 1.82 bits per heavy atom. The van der Waals surface area contributed by atoms with Crippen molar-refractivity contribution in [1.82, 2.24) is 14.9 Å². The lowest BCUT2D eigenvalue weighted by Gasteiger charge is -2.20. The Balaban J connectivity index is 0.00000280. The molecule has 1 atom stereocenters. The highest BCUT2D eigenvalue weighted by Crippen LogP contribution is 2.19. The van der Waals surface area contributed by atoms with Crippen LogP contribution in [0.4, 0.5) is 0 Å². The zero-order chi connectivity index (χ0) is 19.3. The first kappa shape index (κ1) is 22.4. The summed E-state index contributed by atoms with van der Waals surface area (Å²) in [7, 11) is -3.61. The molecule has 6 nitrogen and oxygen atoms in total. The van der Waals surface area contributed by atoms with Gasteiger partial charge in [0.25, 0.3) is 5.91 Å². The number of nitrogens with one attached hydrogen (secondary N) is 2. The van der Waals surface area contributed by atoms with Crippen molar-refractivity contribution in [2.45, 2.75) is 24.3 Å². The number of benzene rings is 2. The van der Waals surface area contributed by atoms with Crippen LogP contribution in [0.3, 0.4) is 0 Å². The lowest BCUT2D eigenvalue weighted by atomic mass is 10.1. The molecule has 152 valence electrons. The summed E-state index contributed by atoms with van der Waals surface area (Å²) >= 11 is 0. The van der Waals surface area contributed by atoms with Crippen LogP contribution in [-0.2, 0) is 10.0 Å². The van der Waals surface area contributed by atoms with Gasteiger partial charge in [0.1, 0.15) is 0 Å². The van der Waals surface area contributed by atoms with Crippen molar-refractivity contribution in [3.05, 3.63) is 65.7 Å². The van der Waals surface area contributed by atoms with Crippen LogP contribution in [0.5, 0.6) is 0 Å². The summed E-state index contributed by atoms with van der Waals surface area (Å²) in [4.78, 5) is 12.8. The highest BCUT2D eigenvalue weighted by Gasteiger charge is 2.25. The molecule has 0 aromatic heterocycles. The summed E-state index contributed by atoms with van der Waals surface area (Å²) in [6.07, 6.45) is 0.772. The van der Waals surface area contributed by atoms with Crippen molar-refractivity contribution in [3.63, 3.8) is 0 Å². The van der Waals surface area contributed by atoms with Crippen LogP contribution in [0.25, 0.3) is 0 Å². The molecule has 0 radical (unpaired) electrons. The molecule has 1 unspecified atom stereocenters. The Morgan fingerprint density at radius 1 is 1.07 bits per heavy atom. The van der Waals surface area contributed by atoms with E-state index in [1.807, 2.05) is 37.3 Å². The second-order valence-corrected chi connectivity index (χ2v) is 8.58. The molecule has 2 N–H and O–H groups in total. The number of nitrogens with zero attached hydrogens (tertiary/aromatic N) is 1. The van der Waals surface area contributed by atoms with Gasteiger partial charge >= 0.3 is 0 Å². The van der Waals surface area contributed by atoms with Gasteiger partial charge in [-0.3, -0.25) is 4.79 Å². The highest BCUT2D eigenvalue weighted by atomic mass is 35.5. The number of rotatable bonds is 5. The Morgan fingerprint density at radius 3 is 2.57 bits per heavy atom. The van der Waals surface area contributed by atoms with Crippen LogP contribution < -0.4 is 10.6 Å². The predicted octanol–water partition coefficient (Wildman–Crippen LogP) is 2.58. The van der Waals surface area contributed by atoms with Crippen molar-refractivity contribution in [3.8, 4) is 0 Å². The molecule has 2 aromatic carbocycles. The van der Waals surface area contributed by atoms with Crippen molar-refractivity contribution in [2.75, 3.05) is 26.2 Å². The first-order valence-electron chi connectivity index (χ1n) is 9.15. The van der Waals surface area contributed by atoms with E-state index in [2.05, 4.69) is 10.6 Å². The maximum absolute atomic E-state index is 12.9. The van der Waals surface area contributed by atoms with Crippen LogP contribution in [0.15, 0.2) is 59.5 Å². The summed E-state index contributed by atoms with van der Waals surface area (Å²) in [5.74, 6) is -0.291. The molecule has 1 amide bonds. The van der Waals surface area contributed by atoms with Crippen LogP contribution >= 0.6 is 12.4 Å². The molecule has 1 aliphatic rings. The zero-order valence-electron chi connectivity index (χ0n) is 15.8. The molecule has 2 aromatic rings. The van der Waals surface area contributed by atoms with E-state index in [0.717, 1.165) is 18.5 Å². The number of halogens is 1. The van der Waals surface area contributed by atoms with Crippen molar-refractivity contribution in [2.24, 2.45) is 0 Å². The Bertz CT molecular complexity index is 883. The van der Waals surface area contributed by atoms with Crippen molar-refractivity contribution >= 4 is 28.3 Å². The van der Waals surface area contributed by atoms with E-state index in [1.165, 1.54) is 10.4 Å². The number of amides is 1. The zero-order valence-corrected chi connectivity index (χ0v) is 17.4. The summed E-state index contributed by atoms with van der Waals surface area (Å²) < 4.78 is 27.3. The number of carbonyl (C=O) groups excluding carboxylic acids is 1. The molecule has 28 heavy (non-hydrogen) atoms. The summed E-state index contributed by atoms with van der Waals surface area (Å²) in [5.41, 5.74) is 1.33. The maximum atomic E-state index is 12.9. The van der Waals surface area contributed by atoms with Gasteiger partial charge in [0.15, 0.2) is 0 Å². The van der Waals surface area contributed by atoms with Gasteiger partial charge in [-0.25, -0.2) is 8.42 Å². The third-order valence-corrected chi connectivity index (χ3v) is 6.57. The topological polar surface area (TPSA) is 78.5 Å². The monoisotopic (exact) mass is 423 g/mol. The van der Waals surface area contributed by atoms with Crippen molar-refractivity contribution < 1.29 is 13.2 Å². The smallest absolute Gasteiger partial charge is 0.251 e. The minimum atomic E-state index is -3.61. The van der Waals surface area contributed by atoms with Crippen LogP contribution in [-0.4, -0.2) is 44.8 Å². The quantitative estimate of drug-likeness (QED) is 0.774. The molecular weight excluding hydrogens is 398 g/mol. The third-order valence-electron chi connectivity index (χ3n) is 4.68. The van der Waals surface area contributed by atoms with Gasteiger partial charge in [0.2, 0.25) is 10.0 Å². The first-order valence-corrected chi connectivity index (χ1v) is 10.6. The summed E-state index contributed by atoms with van der Waals surface area (Å²) in [5, 5.41) is 6.12. The molecule has 8 heteroatoms. The normalized spacial score (nSPS) is 16.5. The van der Waals surface area contributed by atoms with Crippen LogP contribution in [0.2, 0.25) is 0 Å². The van der Waals surface area contributed by atoms with E-state index < -0.39 is 10.0 Å². The van der Waals surface area contributed by atoms with Gasteiger partial charge < -0.3 is 10.6 Å². The van der Waals surface area contributed by atoms with E-state index in [4.69, 9.17) is 0 Å². The molecule has 1 aliphatic heterocycles. The average Bonchev–Trinajstić information content (AvgIpc) is 2.99. The summed E-state index contributed by atoms with van der Waals surface area (Å²) in [6, 6.07) is 15.7. The molecule has 0 spiro atoms. The second-order valence-electron chi connectivity index (χ2n) is 6.64. The minimum absolute atomic E-state index is 0. The van der Waals surface area contributed by atoms with Gasteiger partial charge in [-0.1, -0.05) is 36.4 Å². The van der Waals surface area contributed by atoms with E-state index in [-0.39, 0.29) is 29.3 Å². The van der Waals surface area contributed by atoms with Crippen molar-refractivity contribution in [1.29, 1.82) is 0 Å². The number of sulfonamides is 1. The molecule has 0 saturated carbocycles. The van der Waals surface area contributed by atoms with Gasteiger partial charge in [-0.2, -0.15) is 4.31 Å². The molecule has 1 fully saturated rings. The van der Waals surface area contributed by atoms with Crippen LogP contribution in [0.1, 0.15) is 35.3 Å². The first-order chi connectivity index (χ1) is 13.0. The molecule has 3 rings (SSSR count). The number of hydrogen-bond donors (Lipinski definition) is 2. The Kier molecular flexibility index (Phi) is 8.00. The van der Waals surface area contributed by atoms with E-state index in [0.29, 0.717) is 25.2 Å². The van der Waals surface area contributed by atoms with E-state index >= 15 is 0 Å². The van der Waals surface area contributed by atoms with Gasteiger partial charge in [-0.05, 0) is 43.7 Å². The fourth-order valence-corrected chi connectivity index (χ4v) is 4.64. The Hall–Kier alpha value is -1.93. The minimum Gasteiger partial charge on any atom is -0.346 e. The van der Waals surface area contributed by atoms with Gasteiger partial charge in [0.05, 0.1) is 10.9 Å². The molecule has 1 heterocycles. The number of carbonyl (C=O) groups is 1. The fourth-order valence-electron chi connectivity index (χ4n) is 3.11. The average molecular weight is 424 g/mol. The number of hydrogen-bond acceptors (Lipinski definition) is 4. The SMILES string of the molecule is CC(NC(=O)c1cccc(S(=O)(=O)N2CCCNCC2)c1)c1ccccc1.Cl. The molecule has 0 bridgehead atoms. The largest absolute Gasteiger partial charge is 0.346 e. The third kappa shape index (κ3) is 5.32. The lowest BCUT2D eigenvalue weighted by Crippen LogP contribution is -2.34. The van der Waals surface area contributed by atoms with E-state index in [9.17, 15) is 13.2 Å². The predicted molar refractivity (Wildman–Crippen MR) is 112 cm³/mol. The Labute approximate surface area is 172 Å². The molecule has 1 saturated heterocycles. The summed E-state index contributed by atoms with van der Waals surface area (Å²) in [6.45, 7) is 4.26. The standard InChI is InChI=1S/C20H25N3O3S.ClH/c1-16(17-7-3-2-4-8-17)22-20(24)18-9-5-10-19(15-18)27(25,26)23-13-6-11-21-12-14-23;/h2-5,7-10,15-16,21H,6,11-14H2,1H3,(H,22,24);1H. The molecular formula is C20H26ClN3O3S. The van der Waals surface area contributed by atoms with Crippen LogP contribution in [0, 0.1) is 0 Å². The molecule has 0 aliphatic carbocycles. The fraction of sp³-hybridized carbons (Fsp3) is 0.350. The highest BCUT2D eigenvalue weighted by molar-refractivity contribution is 7.89. The van der Waals surface area contributed by atoms with Gasteiger partial charge in [0, 0.05) is 25.2 Å².